The van der Waals surface area contributed by atoms with Crippen LogP contribution < -0.4 is 10.5 Å². The lowest BCUT2D eigenvalue weighted by molar-refractivity contribution is 0.430. The number of hydrogen-bond donors (Lipinski definition) is 1. The topological polar surface area (TPSA) is 35.2 Å². The van der Waals surface area contributed by atoms with E-state index < -0.39 is 0 Å². The molecule has 0 fully saturated rings. The minimum atomic E-state index is 0.570. The Kier molecular flexibility index (Phi) is 4.40. The van der Waals surface area contributed by atoms with Crippen molar-refractivity contribution in [3.8, 4) is 5.75 Å². The predicted molar refractivity (Wildman–Crippen MR) is 68.0 cm³/mol. The van der Waals surface area contributed by atoms with Gasteiger partial charge in [-0.25, -0.2) is 0 Å². The van der Waals surface area contributed by atoms with E-state index in [1.807, 2.05) is 44.2 Å². The summed E-state index contributed by atoms with van der Waals surface area (Å²) in [5, 5.41) is 0. The molecule has 0 amide bonds. The van der Waals surface area contributed by atoms with E-state index in [0.717, 1.165) is 11.3 Å². The van der Waals surface area contributed by atoms with Gasteiger partial charge in [0.05, 0.1) is 5.70 Å². The van der Waals surface area contributed by atoms with Crippen LogP contribution in [0.5, 0.6) is 5.75 Å². The summed E-state index contributed by atoms with van der Waals surface area (Å²) in [7, 11) is 0. The Hall–Kier alpha value is -1.96. The number of ether oxygens (including phenoxy) is 1. The van der Waals surface area contributed by atoms with E-state index in [4.69, 9.17) is 10.5 Å². The Morgan fingerprint density at radius 1 is 1.38 bits per heavy atom. The Labute approximate surface area is 96.7 Å². The van der Waals surface area contributed by atoms with Crippen molar-refractivity contribution in [2.24, 2.45) is 5.73 Å². The van der Waals surface area contributed by atoms with Crippen molar-refractivity contribution in [3.05, 3.63) is 66.1 Å². The van der Waals surface area contributed by atoms with E-state index in [9.17, 15) is 0 Å². The molecular weight excluding hydrogens is 198 g/mol. The van der Waals surface area contributed by atoms with Gasteiger partial charge in [-0.1, -0.05) is 30.9 Å². The third-order valence-corrected chi connectivity index (χ3v) is 2.16. The monoisotopic (exact) mass is 215 g/mol. The Bertz CT molecular complexity index is 430. The molecule has 0 aromatic heterocycles. The standard InChI is InChI=1S/C14H17NO/c1-4-8-12(15)13(5-2)16-14-10-7-6-9-11(14)3/h4-10H,1,15H2,2-3H3/b12-8+,13-5+. The van der Waals surface area contributed by atoms with Gasteiger partial charge in [0.1, 0.15) is 11.5 Å². The van der Waals surface area contributed by atoms with Crippen LogP contribution in [0.4, 0.5) is 0 Å². The molecule has 0 unspecified atom stereocenters. The fourth-order valence-electron chi connectivity index (χ4n) is 1.28. The van der Waals surface area contributed by atoms with Crippen molar-refractivity contribution < 1.29 is 4.74 Å². The van der Waals surface area contributed by atoms with Gasteiger partial charge in [-0.05, 0) is 37.6 Å². The molecular formula is C14H17NO. The number of allylic oxidation sites excluding steroid dienone is 3. The average molecular weight is 215 g/mol. The molecule has 2 heteroatoms. The molecule has 0 saturated carbocycles. The van der Waals surface area contributed by atoms with Crippen LogP contribution in [0.25, 0.3) is 0 Å². The van der Waals surface area contributed by atoms with E-state index in [1.54, 1.807) is 12.2 Å². The highest BCUT2D eigenvalue weighted by atomic mass is 16.5. The van der Waals surface area contributed by atoms with Crippen LogP contribution in [0.1, 0.15) is 12.5 Å². The molecule has 16 heavy (non-hydrogen) atoms. The number of hydrogen-bond acceptors (Lipinski definition) is 2. The Morgan fingerprint density at radius 2 is 2.06 bits per heavy atom. The highest BCUT2D eigenvalue weighted by Gasteiger charge is 2.04. The van der Waals surface area contributed by atoms with Gasteiger partial charge in [0.2, 0.25) is 0 Å². The molecule has 0 radical (unpaired) electrons. The van der Waals surface area contributed by atoms with Gasteiger partial charge in [-0.3, -0.25) is 0 Å². The second-order valence-electron chi connectivity index (χ2n) is 3.38. The maximum atomic E-state index is 5.83. The third-order valence-electron chi connectivity index (χ3n) is 2.16. The zero-order valence-corrected chi connectivity index (χ0v) is 9.73. The minimum absolute atomic E-state index is 0.570. The maximum absolute atomic E-state index is 5.83. The van der Waals surface area contributed by atoms with Crippen molar-refractivity contribution in [1.82, 2.24) is 0 Å². The highest BCUT2D eigenvalue weighted by Crippen LogP contribution is 2.20. The quantitative estimate of drug-likeness (QED) is 0.617. The van der Waals surface area contributed by atoms with E-state index in [0.29, 0.717) is 11.5 Å². The maximum Gasteiger partial charge on any atom is 0.146 e. The number of nitrogens with two attached hydrogens (primary N) is 1. The molecule has 0 aliphatic heterocycles. The fourth-order valence-corrected chi connectivity index (χ4v) is 1.28. The number of rotatable bonds is 4. The first-order valence-electron chi connectivity index (χ1n) is 5.17. The molecule has 0 aliphatic carbocycles. The van der Waals surface area contributed by atoms with Crippen LogP contribution in [0, 0.1) is 6.92 Å². The molecule has 0 heterocycles. The third kappa shape index (κ3) is 3.02. The highest BCUT2D eigenvalue weighted by molar-refractivity contribution is 5.36. The minimum Gasteiger partial charge on any atom is -0.455 e. The second kappa shape index (κ2) is 5.81. The van der Waals surface area contributed by atoms with Gasteiger partial charge >= 0.3 is 0 Å². The normalized spacial score (nSPS) is 12.4. The molecule has 0 atom stereocenters. The van der Waals surface area contributed by atoms with Crippen molar-refractivity contribution in [2.45, 2.75) is 13.8 Å². The molecule has 0 aliphatic rings. The molecule has 2 N–H and O–H groups in total. The average Bonchev–Trinajstić information content (AvgIpc) is 2.28. The van der Waals surface area contributed by atoms with E-state index in [1.165, 1.54) is 0 Å². The fraction of sp³-hybridized carbons (Fsp3) is 0.143. The predicted octanol–water partition coefficient (Wildman–Crippen LogP) is 3.31. The zero-order valence-electron chi connectivity index (χ0n) is 9.73. The van der Waals surface area contributed by atoms with Gasteiger partial charge in [0.15, 0.2) is 0 Å². The van der Waals surface area contributed by atoms with E-state index in [2.05, 4.69) is 6.58 Å². The van der Waals surface area contributed by atoms with Crippen LogP contribution in [0.15, 0.2) is 60.5 Å². The molecule has 0 saturated heterocycles. The van der Waals surface area contributed by atoms with Gasteiger partial charge in [-0.15, -0.1) is 0 Å². The largest absolute Gasteiger partial charge is 0.455 e. The van der Waals surface area contributed by atoms with Crippen molar-refractivity contribution in [2.75, 3.05) is 0 Å². The number of benzene rings is 1. The summed E-state index contributed by atoms with van der Waals surface area (Å²) in [5.41, 5.74) is 7.48. The zero-order chi connectivity index (χ0) is 12.0. The lowest BCUT2D eigenvalue weighted by Gasteiger charge is -2.11. The smallest absolute Gasteiger partial charge is 0.146 e. The first-order valence-corrected chi connectivity index (χ1v) is 5.17. The van der Waals surface area contributed by atoms with E-state index in [-0.39, 0.29) is 0 Å². The molecule has 1 aromatic rings. The number of aryl methyl sites for hydroxylation is 1. The van der Waals surface area contributed by atoms with Crippen LogP contribution in [-0.4, -0.2) is 0 Å². The molecule has 84 valence electrons. The molecule has 0 spiro atoms. The summed E-state index contributed by atoms with van der Waals surface area (Å²) in [5.74, 6) is 1.46. The SMILES string of the molecule is C=C/C=C(N)\C(=C/C)Oc1ccccc1C. The van der Waals surface area contributed by atoms with Gasteiger partial charge < -0.3 is 10.5 Å². The van der Waals surface area contributed by atoms with Gasteiger partial charge in [0.25, 0.3) is 0 Å². The summed E-state index contributed by atoms with van der Waals surface area (Å²) in [6.07, 6.45) is 5.19. The Morgan fingerprint density at radius 3 is 2.62 bits per heavy atom. The summed E-state index contributed by atoms with van der Waals surface area (Å²) in [6, 6.07) is 7.82. The van der Waals surface area contributed by atoms with Crippen LogP contribution in [0.3, 0.4) is 0 Å². The first-order chi connectivity index (χ1) is 7.69. The van der Waals surface area contributed by atoms with Crippen molar-refractivity contribution in [3.63, 3.8) is 0 Å². The Balaban J connectivity index is 2.92. The van der Waals surface area contributed by atoms with Gasteiger partial charge in [-0.2, -0.15) is 0 Å². The lowest BCUT2D eigenvalue weighted by atomic mass is 10.2. The summed E-state index contributed by atoms with van der Waals surface area (Å²) in [4.78, 5) is 0. The van der Waals surface area contributed by atoms with Crippen LogP contribution >= 0.6 is 0 Å². The summed E-state index contributed by atoms with van der Waals surface area (Å²) < 4.78 is 5.73. The van der Waals surface area contributed by atoms with Gasteiger partial charge in [0, 0.05) is 0 Å². The summed E-state index contributed by atoms with van der Waals surface area (Å²) >= 11 is 0. The number of para-hydroxylation sites is 1. The molecule has 1 aromatic carbocycles. The van der Waals surface area contributed by atoms with Crippen molar-refractivity contribution in [1.29, 1.82) is 0 Å². The lowest BCUT2D eigenvalue weighted by Crippen LogP contribution is -2.07. The van der Waals surface area contributed by atoms with E-state index >= 15 is 0 Å². The molecule has 0 bridgehead atoms. The second-order valence-corrected chi connectivity index (χ2v) is 3.38. The first kappa shape index (κ1) is 12.1. The van der Waals surface area contributed by atoms with Crippen molar-refractivity contribution >= 4 is 0 Å². The summed E-state index contributed by atoms with van der Waals surface area (Å²) in [6.45, 7) is 7.49. The van der Waals surface area contributed by atoms with Crippen LogP contribution in [-0.2, 0) is 0 Å². The molecule has 2 nitrogen and oxygen atoms in total. The van der Waals surface area contributed by atoms with Crippen LogP contribution in [0.2, 0.25) is 0 Å². The molecule has 1 rings (SSSR count).